The number of rotatable bonds is 6. The Morgan fingerprint density at radius 2 is 2.05 bits per heavy atom. The SMILES string of the molecule is CCCNC1CCC(O)(c2cccc(OCC)c2)CC1. The van der Waals surface area contributed by atoms with Crippen LogP contribution in [0.3, 0.4) is 0 Å². The van der Waals surface area contributed by atoms with E-state index in [1.165, 1.54) is 0 Å². The van der Waals surface area contributed by atoms with Gasteiger partial charge >= 0.3 is 0 Å². The van der Waals surface area contributed by atoms with E-state index in [1.807, 2.05) is 31.2 Å². The fourth-order valence-electron chi connectivity index (χ4n) is 2.98. The van der Waals surface area contributed by atoms with Crippen LogP contribution in [0.25, 0.3) is 0 Å². The van der Waals surface area contributed by atoms with Crippen LogP contribution in [-0.2, 0) is 5.60 Å². The van der Waals surface area contributed by atoms with Crippen molar-refractivity contribution in [3.8, 4) is 5.75 Å². The summed E-state index contributed by atoms with van der Waals surface area (Å²) in [6.45, 7) is 5.89. The van der Waals surface area contributed by atoms with Crippen molar-refractivity contribution in [2.75, 3.05) is 13.2 Å². The maximum atomic E-state index is 10.9. The summed E-state index contributed by atoms with van der Waals surface area (Å²) in [5, 5.41) is 14.5. The molecule has 2 rings (SSSR count). The van der Waals surface area contributed by atoms with E-state index in [2.05, 4.69) is 12.2 Å². The summed E-state index contributed by atoms with van der Waals surface area (Å²) < 4.78 is 5.53. The molecule has 0 heterocycles. The third kappa shape index (κ3) is 3.74. The first-order valence-electron chi connectivity index (χ1n) is 7.87. The van der Waals surface area contributed by atoms with Crippen LogP contribution < -0.4 is 10.1 Å². The Labute approximate surface area is 122 Å². The first kappa shape index (κ1) is 15.3. The molecule has 0 spiro atoms. The van der Waals surface area contributed by atoms with Gasteiger partial charge in [0.05, 0.1) is 12.2 Å². The Hall–Kier alpha value is -1.06. The van der Waals surface area contributed by atoms with E-state index in [-0.39, 0.29) is 0 Å². The summed E-state index contributed by atoms with van der Waals surface area (Å²) >= 11 is 0. The molecule has 0 saturated heterocycles. The fourth-order valence-corrected chi connectivity index (χ4v) is 2.98. The molecule has 0 aliphatic heterocycles. The lowest BCUT2D eigenvalue weighted by Crippen LogP contribution is -2.40. The summed E-state index contributed by atoms with van der Waals surface area (Å²) in [6.07, 6.45) is 4.88. The molecule has 1 fully saturated rings. The Bertz CT molecular complexity index is 411. The van der Waals surface area contributed by atoms with Crippen molar-refractivity contribution in [1.82, 2.24) is 5.32 Å². The third-order valence-corrected chi connectivity index (χ3v) is 4.18. The lowest BCUT2D eigenvalue weighted by molar-refractivity contribution is -0.00844. The van der Waals surface area contributed by atoms with Gasteiger partial charge in [0.2, 0.25) is 0 Å². The molecule has 1 aromatic carbocycles. The van der Waals surface area contributed by atoms with Gasteiger partial charge in [-0.1, -0.05) is 19.1 Å². The monoisotopic (exact) mass is 277 g/mol. The minimum absolute atomic E-state index is 0.560. The highest BCUT2D eigenvalue weighted by atomic mass is 16.5. The van der Waals surface area contributed by atoms with Gasteiger partial charge in [0.15, 0.2) is 0 Å². The first-order chi connectivity index (χ1) is 9.68. The first-order valence-corrected chi connectivity index (χ1v) is 7.87. The zero-order chi connectivity index (χ0) is 14.4. The molecule has 1 aromatic rings. The van der Waals surface area contributed by atoms with Crippen molar-refractivity contribution in [2.24, 2.45) is 0 Å². The van der Waals surface area contributed by atoms with Crippen molar-refractivity contribution in [3.63, 3.8) is 0 Å². The van der Waals surface area contributed by atoms with Crippen molar-refractivity contribution in [2.45, 2.75) is 57.6 Å². The summed E-state index contributed by atoms with van der Waals surface area (Å²) in [6, 6.07) is 8.49. The predicted molar refractivity (Wildman–Crippen MR) is 82.1 cm³/mol. The van der Waals surface area contributed by atoms with Crippen LogP contribution in [0, 0.1) is 0 Å². The van der Waals surface area contributed by atoms with E-state index in [4.69, 9.17) is 4.74 Å². The normalized spacial score (nSPS) is 26.4. The Morgan fingerprint density at radius 3 is 2.70 bits per heavy atom. The third-order valence-electron chi connectivity index (χ3n) is 4.18. The topological polar surface area (TPSA) is 41.5 Å². The Morgan fingerprint density at radius 1 is 1.30 bits per heavy atom. The predicted octanol–water partition coefficient (Wildman–Crippen LogP) is 3.22. The second kappa shape index (κ2) is 7.09. The maximum Gasteiger partial charge on any atom is 0.119 e. The molecule has 1 aliphatic rings. The van der Waals surface area contributed by atoms with Crippen LogP contribution in [0.5, 0.6) is 5.75 Å². The van der Waals surface area contributed by atoms with Gasteiger partial charge in [0, 0.05) is 6.04 Å². The summed E-state index contributed by atoms with van der Waals surface area (Å²) in [4.78, 5) is 0. The van der Waals surface area contributed by atoms with Crippen molar-refractivity contribution < 1.29 is 9.84 Å². The number of benzene rings is 1. The van der Waals surface area contributed by atoms with E-state index < -0.39 is 5.60 Å². The number of ether oxygens (including phenoxy) is 1. The molecule has 0 radical (unpaired) electrons. The van der Waals surface area contributed by atoms with Gasteiger partial charge in [-0.25, -0.2) is 0 Å². The van der Waals surface area contributed by atoms with E-state index in [1.54, 1.807) is 0 Å². The van der Waals surface area contributed by atoms with E-state index in [0.717, 1.165) is 50.0 Å². The molecule has 2 N–H and O–H groups in total. The Balaban J connectivity index is 2.00. The molecule has 3 nitrogen and oxygen atoms in total. The van der Waals surface area contributed by atoms with Crippen LogP contribution in [0.4, 0.5) is 0 Å². The van der Waals surface area contributed by atoms with Gasteiger partial charge in [-0.15, -0.1) is 0 Å². The average Bonchev–Trinajstić information content (AvgIpc) is 2.47. The smallest absolute Gasteiger partial charge is 0.119 e. The maximum absolute atomic E-state index is 10.9. The highest BCUT2D eigenvalue weighted by molar-refractivity contribution is 5.32. The molecule has 1 aliphatic carbocycles. The van der Waals surface area contributed by atoms with Crippen molar-refractivity contribution >= 4 is 0 Å². The average molecular weight is 277 g/mol. The minimum atomic E-state index is -0.683. The van der Waals surface area contributed by atoms with Crippen LogP contribution in [-0.4, -0.2) is 24.3 Å². The van der Waals surface area contributed by atoms with Gasteiger partial charge in [0.25, 0.3) is 0 Å². The lowest BCUT2D eigenvalue weighted by Gasteiger charge is -2.37. The molecular weight excluding hydrogens is 250 g/mol. The van der Waals surface area contributed by atoms with Gasteiger partial charge in [-0.05, 0) is 63.3 Å². The van der Waals surface area contributed by atoms with E-state index >= 15 is 0 Å². The number of hydrogen-bond donors (Lipinski definition) is 2. The standard InChI is InChI=1S/C17H27NO2/c1-3-12-18-15-8-10-17(19,11-9-15)14-6-5-7-16(13-14)20-4-2/h5-7,13,15,18-19H,3-4,8-12H2,1-2H3. The summed E-state index contributed by atoms with van der Waals surface area (Å²) in [7, 11) is 0. The minimum Gasteiger partial charge on any atom is -0.494 e. The molecule has 20 heavy (non-hydrogen) atoms. The lowest BCUT2D eigenvalue weighted by atomic mass is 9.77. The molecule has 0 atom stereocenters. The molecule has 3 heteroatoms. The molecule has 112 valence electrons. The molecule has 0 bridgehead atoms. The molecule has 0 unspecified atom stereocenters. The molecule has 1 saturated carbocycles. The number of nitrogens with one attached hydrogen (secondary N) is 1. The Kier molecular flexibility index (Phi) is 5.44. The van der Waals surface area contributed by atoms with E-state index in [0.29, 0.717) is 12.6 Å². The number of hydrogen-bond acceptors (Lipinski definition) is 3. The van der Waals surface area contributed by atoms with Gasteiger partial charge in [-0.3, -0.25) is 0 Å². The molecule has 0 amide bonds. The van der Waals surface area contributed by atoms with Crippen LogP contribution in [0.2, 0.25) is 0 Å². The second-order valence-corrected chi connectivity index (χ2v) is 5.72. The summed E-state index contributed by atoms with van der Waals surface area (Å²) in [5.41, 5.74) is 0.315. The number of aliphatic hydroxyl groups is 1. The highest BCUT2D eigenvalue weighted by Crippen LogP contribution is 2.38. The van der Waals surface area contributed by atoms with Crippen LogP contribution in [0.1, 0.15) is 51.5 Å². The van der Waals surface area contributed by atoms with Gasteiger partial charge in [0.1, 0.15) is 5.75 Å². The second-order valence-electron chi connectivity index (χ2n) is 5.72. The van der Waals surface area contributed by atoms with Crippen molar-refractivity contribution in [3.05, 3.63) is 29.8 Å². The molecule has 0 aromatic heterocycles. The quantitative estimate of drug-likeness (QED) is 0.839. The van der Waals surface area contributed by atoms with Crippen LogP contribution in [0.15, 0.2) is 24.3 Å². The van der Waals surface area contributed by atoms with Crippen molar-refractivity contribution in [1.29, 1.82) is 0 Å². The zero-order valence-electron chi connectivity index (χ0n) is 12.7. The van der Waals surface area contributed by atoms with Gasteiger partial charge in [-0.2, -0.15) is 0 Å². The van der Waals surface area contributed by atoms with Crippen LogP contribution >= 0.6 is 0 Å². The highest BCUT2D eigenvalue weighted by Gasteiger charge is 2.34. The molecular formula is C17H27NO2. The fraction of sp³-hybridized carbons (Fsp3) is 0.647. The van der Waals surface area contributed by atoms with Gasteiger partial charge < -0.3 is 15.2 Å². The largest absolute Gasteiger partial charge is 0.494 e. The zero-order valence-corrected chi connectivity index (χ0v) is 12.7. The van der Waals surface area contributed by atoms with E-state index in [9.17, 15) is 5.11 Å². The summed E-state index contributed by atoms with van der Waals surface area (Å²) in [5.74, 6) is 0.852.